The second kappa shape index (κ2) is 9.30. The van der Waals surface area contributed by atoms with Crippen LogP contribution in [-0.2, 0) is 14.3 Å². The molecule has 1 heterocycles. The fraction of sp³-hybridized carbons (Fsp3) is 0.111. The lowest BCUT2D eigenvalue weighted by Crippen LogP contribution is -2.33. The number of ether oxygens (including phenoxy) is 2. The van der Waals surface area contributed by atoms with Gasteiger partial charge in [-0.05, 0) is 48.6 Å². The highest BCUT2D eigenvalue weighted by Crippen LogP contribution is 2.17. The van der Waals surface area contributed by atoms with Crippen molar-refractivity contribution in [3.8, 4) is 0 Å². The predicted octanol–water partition coefficient (Wildman–Crippen LogP) is 2.38. The molecular weight excluding hydrogens is 372 g/mol. The van der Waals surface area contributed by atoms with Crippen molar-refractivity contribution in [3.05, 3.63) is 59.6 Å². The molecule has 8 nitrogen and oxygen atoms in total. The van der Waals surface area contributed by atoms with Gasteiger partial charge in [-0.25, -0.2) is 9.59 Å². The first kappa shape index (κ1) is 19.9. The summed E-state index contributed by atoms with van der Waals surface area (Å²) >= 11 is 5.07. The lowest BCUT2D eigenvalue weighted by atomic mass is 10.1. The zero-order valence-corrected chi connectivity index (χ0v) is 15.3. The average Bonchev–Trinajstić information content (AvgIpc) is 3.18. The number of carbonyl (C=O) groups is 3. The van der Waals surface area contributed by atoms with Crippen molar-refractivity contribution in [1.82, 2.24) is 5.32 Å². The van der Waals surface area contributed by atoms with E-state index in [0.717, 1.165) is 0 Å². The Morgan fingerprint density at radius 1 is 1.07 bits per heavy atom. The van der Waals surface area contributed by atoms with Crippen molar-refractivity contribution in [3.63, 3.8) is 0 Å². The molecule has 0 radical (unpaired) electrons. The fourth-order valence-corrected chi connectivity index (χ4v) is 2.25. The molecule has 2 N–H and O–H groups in total. The molecule has 140 valence electrons. The molecule has 0 spiro atoms. The highest BCUT2D eigenvalue weighted by molar-refractivity contribution is 7.80. The highest BCUT2D eigenvalue weighted by atomic mass is 32.1. The molecule has 2 rings (SSSR count). The van der Waals surface area contributed by atoms with Crippen LogP contribution in [0.2, 0.25) is 0 Å². The largest absolute Gasteiger partial charge is 0.465 e. The molecular formula is C18H16N2O6S. The van der Waals surface area contributed by atoms with Gasteiger partial charge in [0.15, 0.2) is 5.11 Å². The Hall–Kier alpha value is -3.46. The topological polar surface area (TPSA) is 107 Å². The van der Waals surface area contributed by atoms with E-state index in [1.165, 1.54) is 50.8 Å². The summed E-state index contributed by atoms with van der Waals surface area (Å²) in [6.45, 7) is 0. The number of anilines is 1. The number of hydrogen-bond donors (Lipinski definition) is 2. The molecule has 0 aliphatic carbocycles. The van der Waals surface area contributed by atoms with Crippen LogP contribution >= 0.6 is 12.2 Å². The van der Waals surface area contributed by atoms with Crippen LogP contribution in [0.3, 0.4) is 0 Å². The number of hydrogen-bond acceptors (Lipinski definition) is 7. The number of amides is 1. The summed E-state index contributed by atoms with van der Waals surface area (Å²) in [5, 5.41) is 5.14. The molecule has 0 atom stereocenters. The van der Waals surface area contributed by atoms with Crippen LogP contribution in [0.4, 0.5) is 5.69 Å². The zero-order valence-electron chi connectivity index (χ0n) is 14.5. The van der Waals surface area contributed by atoms with Gasteiger partial charge in [0.1, 0.15) is 5.76 Å². The molecule has 0 unspecified atom stereocenters. The van der Waals surface area contributed by atoms with Gasteiger partial charge < -0.3 is 19.2 Å². The third-order valence-electron chi connectivity index (χ3n) is 3.21. The van der Waals surface area contributed by atoms with Gasteiger partial charge in [-0.2, -0.15) is 0 Å². The van der Waals surface area contributed by atoms with E-state index in [1.54, 1.807) is 12.1 Å². The Morgan fingerprint density at radius 3 is 2.22 bits per heavy atom. The molecule has 0 aliphatic heterocycles. The number of nitrogens with one attached hydrogen (secondary N) is 2. The summed E-state index contributed by atoms with van der Waals surface area (Å²) in [5.41, 5.74) is 0.545. The summed E-state index contributed by atoms with van der Waals surface area (Å²) in [6, 6.07) is 7.56. The minimum atomic E-state index is -0.639. The second-order valence-electron chi connectivity index (χ2n) is 5.07. The number of benzene rings is 1. The third-order valence-corrected chi connectivity index (χ3v) is 3.42. The molecule has 1 amide bonds. The summed E-state index contributed by atoms with van der Waals surface area (Å²) in [6.07, 6.45) is 4.21. The number of esters is 2. The first-order valence-corrected chi connectivity index (χ1v) is 7.99. The Morgan fingerprint density at radius 2 is 1.70 bits per heavy atom. The SMILES string of the molecule is COC(=O)c1cc(NC(=S)NC(=O)C=Cc2ccco2)cc(C(=O)OC)c1. The van der Waals surface area contributed by atoms with E-state index >= 15 is 0 Å². The number of furan rings is 1. The van der Waals surface area contributed by atoms with Crippen molar-refractivity contribution in [2.75, 3.05) is 19.5 Å². The lowest BCUT2D eigenvalue weighted by Gasteiger charge is -2.11. The van der Waals surface area contributed by atoms with E-state index in [0.29, 0.717) is 11.4 Å². The van der Waals surface area contributed by atoms with Crippen LogP contribution < -0.4 is 10.6 Å². The molecule has 0 saturated heterocycles. The van der Waals surface area contributed by atoms with E-state index in [-0.39, 0.29) is 16.2 Å². The molecule has 2 aromatic rings. The second-order valence-corrected chi connectivity index (χ2v) is 5.48. The van der Waals surface area contributed by atoms with E-state index in [2.05, 4.69) is 20.1 Å². The molecule has 27 heavy (non-hydrogen) atoms. The summed E-state index contributed by atoms with van der Waals surface area (Å²) in [7, 11) is 2.44. The third kappa shape index (κ3) is 5.79. The maximum atomic E-state index is 11.9. The number of carbonyl (C=O) groups excluding carboxylic acids is 3. The summed E-state index contributed by atoms with van der Waals surface area (Å²) in [5.74, 6) is -1.25. The normalized spacial score (nSPS) is 10.3. The standard InChI is InChI=1S/C18H16N2O6S/c1-24-16(22)11-8-12(17(23)25-2)10-13(9-11)19-18(27)20-15(21)6-5-14-4-3-7-26-14/h3-10H,1-2H3,(H2,19,20,21,27). The number of rotatable bonds is 5. The molecule has 0 aliphatic rings. The van der Waals surface area contributed by atoms with Gasteiger partial charge in [-0.15, -0.1) is 0 Å². The van der Waals surface area contributed by atoms with Crippen LogP contribution in [0.25, 0.3) is 6.08 Å². The van der Waals surface area contributed by atoms with Crippen LogP contribution in [0.5, 0.6) is 0 Å². The first-order chi connectivity index (χ1) is 12.9. The average molecular weight is 388 g/mol. The predicted molar refractivity (Wildman–Crippen MR) is 101 cm³/mol. The van der Waals surface area contributed by atoms with Gasteiger partial charge in [-0.1, -0.05) is 0 Å². The van der Waals surface area contributed by atoms with Gasteiger partial charge in [0.25, 0.3) is 0 Å². The smallest absolute Gasteiger partial charge is 0.337 e. The van der Waals surface area contributed by atoms with Crippen LogP contribution in [0, 0.1) is 0 Å². The summed E-state index contributed by atoms with van der Waals surface area (Å²) in [4.78, 5) is 35.4. The molecule has 1 aromatic heterocycles. The van der Waals surface area contributed by atoms with Gasteiger partial charge in [0.05, 0.1) is 31.6 Å². The molecule has 9 heteroatoms. The first-order valence-electron chi connectivity index (χ1n) is 7.58. The Kier molecular flexibility index (Phi) is 6.84. The zero-order chi connectivity index (χ0) is 19.8. The van der Waals surface area contributed by atoms with Crippen LogP contribution in [0.15, 0.2) is 47.1 Å². The quantitative estimate of drug-likeness (QED) is 0.457. The molecule has 0 bridgehead atoms. The Labute approximate surface area is 160 Å². The van der Waals surface area contributed by atoms with Crippen molar-refractivity contribution >= 4 is 46.9 Å². The monoisotopic (exact) mass is 388 g/mol. The van der Waals surface area contributed by atoms with Crippen molar-refractivity contribution in [1.29, 1.82) is 0 Å². The van der Waals surface area contributed by atoms with Crippen LogP contribution in [0.1, 0.15) is 26.5 Å². The highest BCUT2D eigenvalue weighted by Gasteiger charge is 2.14. The number of methoxy groups -OCH3 is 2. The van der Waals surface area contributed by atoms with Crippen LogP contribution in [-0.4, -0.2) is 37.2 Å². The number of thiocarbonyl (C=S) groups is 1. The molecule has 0 fully saturated rings. The van der Waals surface area contributed by atoms with Crippen molar-refractivity contribution < 1.29 is 28.3 Å². The van der Waals surface area contributed by atoms with E-state index in [1.807, 2.05) is 0 Å². The van der Waals surface area contributed by atoms with Gasteiger partial charge in [-0.3, -0.25) is 10.1 Å². The maximum Gasteiger partial charge on any atom is 0.337 e. The van der Waals surface area contributed by atoms with E-state index in [4.69, 9.17) is 16.6 Å². The Balaban J connectivity index is 2.10. The van der Waals surface area contributed by atoms with E-state index in [9.17, 15) is 14.4 Å². The fourth-order valence-electron chi connectivity index (χ4n) is 2.03. The molecule has 1 aromatic carbocycles. The minimum absolute atomic E-state index is 0.0260. The van der Waals surface area contributed by atoms with Crippen molar-refractivity contribution in [2.24, 2.45) is 0 Å². The van der Waals surface area contributed by atoms with Gasteiger partial charge >= 0.3 is 11.9 Å². The van der Waals surface area contributed by atoms with Gasteiger partial charge in [0.2, 0.25) is 5.91 Å². The Bertz CT molecular complexity index is 855. The maximum absolute atomic E-state index is 11.9. The molecule has 0 saturated carbocycles. The lowest BCUT2D eigenvalue weighted by molar-refractivity contribution is -0.115. The van der Waals surface area contributed by atoms with Gasteiger partial charge in [0, 0.05) is 11.8 Å². The minimum Gasteiger partial charge on any atom is -0.465 e. The summed E-state index contributed by atoms with van der Waals surface area (Å²) < 4.78 is 14.4. The van der Waals surface area contributed by atoms with Crippen molar-refractivity contribution in [2.45, 2.75) is 0 Å². The van der Waals surface area contributed by atoms with E-state index < -0.39 is 17.8 Å².